The molecule has 0 aromatic heterocycles. The van der Waals surface area contributed by atoms with Crippen molar-refractivity contribution in [3.05, 3.63) is 0 Å². The summed E-state index contributed by atoms with van der Waals surface area (Å²) in [5.74, 6) is -9.77. The first-order chi connectivity index (χ1) is 59.9. The molecule has 44 heteroatoms. The Bertz CT molecular complexity index is 3110. The first-order valence-corrected chi connectivity index (χ1v) is 42.1. The standard InChI is InChI=1S/C82H131N5O39/c1-50(88)84-70-76(121-59(10)97)73(118-56(7)94)65(47-115-53(4)91)124-79(70)112-44-41-109-38-35-106-32-17-21-63(101)24-27-82(87-69(104)23-16-20-62(100)19-14-15-31-105-13,28-25-64(102)22-18-33-107-36-39-110-42-45-113-80-71(85-51(2)89)77(122-60(11)98)74(119-57(8)95)66(125-80)48-116-54(5)92)29-26-68(103)83-30-34-108-37-40-111-43-46-114-81-72(86-52(3)90)78(123-61(12)99)75(120-58(9)96)67(126-81)49-117-55(6)93/h65-67,70-81H,14-49H2,1-13H3,(H,83,103)(H,84,88)(H,85,89)(H,86,90)(H,87,104). The maximum atomic E-state index is 14.1. The fourth-order valence-electron chi connectivity index (χ4n) is 13.4. The van der Waals surface area contributed by atoms with Crippen molar-refractivity contribution in [1.29, 1.82) is 0 Å². The van der Waals surface area contributed by atoms with Crippen molar-refractivity contribution < 1.29 is 186 Å². The molecule has 5 N–H and O–H groups in total. The highest BCUT2D eigenvalue weighted by Gasteiger charge is 2.55. The van der Waals surface area contributed by atoms with Gasteiger partial charge in [-0.05, 0) is 51.4 Å². The van der Waals surface area contributed by atoms with Crippen LogP contribution in [0.3, 0.4) is 0 Å². The summed E-state index contributed by atoms with van der Waals surface area (Å²) in [7, 11) is 1.56. The molecule has 3 saturated heterocycles. The van der Waals surface area contributed by atoms with Crippen LogP contribution in [0, 0.1) is 0 Å². The summed E-state index contributed by atoms with van der Waals surface area (Å²) >= 11 is 0. The average molecular weight is 1810 g/mol. The minimum Gasteiger partial charge on any atom is -0.463 e. The maximum Gasteiger partial charge on any atom is 0.303 e. The van der Waals surface area contributed by atoms with Crippen molar-refractivity contribution in [3.8, 4) is 0 Å². The van der Waals surface area contributed by atoms with Crippen LogP contribution in [-0.4, -0.2) is 337 Å². The molecule has 0 aliphatic carbocycles. The highest BCUT2D eigenvalue weighted by atomic mass is 16.7. The van der Waals surface area contributed by atoms with Crippen molar-refractivity contribution in [1.82, 2.24) is 26.6 Å². The van der Waals surface area contributed by atoms with E-state index in [1.54, 1.807) is 7.11 Å². The first kappa shape index (κ1) is 111. The molecule has 126 heavy (non-hydrogen) atoms. The maximum absolute atomic E-state index is 14.1. The molecule has 0 bridgehead atoms. The zero-order valence-corrected chi connectivity index (χ0v) is 74.5. The Morgan fingerprint density at radius 3 is 0.905 bits per heavy atom. The SMILES string of the molecule is COCCCCC(=O)CCCC(=O)NC(CCC(=O)CCCOCCOCCOC1OC(COC(C)=O)C(OC(C)=O)C(OC(C)=O)C1NC(C)=O)(CCC(=O)CCCOCCOCCOC1OC(COC(C)=O)C(OC(C)=O)C(OC(C)=O)C1NC(C)=O)CCC(=O)NCCOCCOCCOC1OC(COC(C)=O)C(OC(C)=O)C(OC(C)=O)C1NC(C)=O. The smallest absolute Gasteiger partial charge is 0.303 e. The van der Waals surface area contributed by atoms with E-state index in [0.717, 1.165) is 62.3 Å². The summed E-state index contributed by atoms with van der Waals surface area (Å²) in [6.07, 6.45) is -13.4. The Morgan fingerprint density at radius 2 is 0.579 bits per heavy atom. The molecule has 15 atom stereocenters. The van der Waals surface area contributed by atoms with Gasteiger partial charge in [-0.2, -0.15) is 0 Å². The van der Waals surface area contributed by atoms with Gasteiger partial charge >= 0.3 is 53.7 Å². The molecule has 3 heterocycles. The number of carbonyl (C=O) groups is 17. The molecular weight excluding hydrogens is 1680 g/mol. The fraction of sp³-hybridized carbons (Fsp3) is 0.793. The number of ether oxygens (including phenoxy) is 22. The summed E-state index contributed by atoms with van der Waals surface area (Å²) in [6, 6.07) is -3.58. The van der Waals surface area contributed by atoms with Crippen molar-refractivity contribution in [2.24, 2.45) is 0 Å². The Kier molecular flexibility index (Phi) is 55.7. The zero-order chi connectivity index (χ0) is 93.5. The number of esters is 9. The molecule has 44 nitrogen and oxygen atoms in total. The van der Waals surface area contributed by atoms with Crippen LogP contribution in [0.25, 0.3) is 0 Å². The van der Waals surface area contributed by atoms with Crippen LogP contribution in [0.4, 0.5) is 0 Å². The largest absolute Gasteiger partial charge is 0.463 e. The van der Waals surface area contributed by atoms with E-state index in [9.17, 15) is 81.5 Å². The van der Waals surface area contributed by atoms with Gasteiger partial charge in [0, 0.05) is 173 Å². The van der Waals surface area contributed by atoms with E-state index < -0.39 is 201 Å². The quantitative estimate of drug-likeness (QED) is 0.0317. The Hall–Kier alpha value is -8.93. The molecule has 3 aliphatic heterocycles. The lowest BCUT2D eigenvalue weighted by Crippen LogP contribution is -2.66. The molecule has 0 spiro atoms. The van der Waals surface area contributed by atoms with Gasteiger partial charge in [0.1, 0.15) is 73.6 Å². The number of hydrogen-bond donors (Lipinski definition) is 5. The lowest BCUT2D eigenvalue weighted by atomic mass is 9.81. The van der Waals surface area contributed by atoms with E-state index >= 15 is 0 Å². The van der Waals surface area contributed by atoms with Gasteiger partial charge < -0.3 is 131 Å². The fourth-order valence-corrected chi connectivity index (χ4v) is 13.4. The number of methoxy groups -OCH3 is 1. The summed E-state index contributed by atoms with van der Waals surface area (Å²) in [4.78, 5) is 214. The van der Waals surface area contributed by atoms with Gasteiger partial charge in [-0.25, -0.2) is 0 Å². The van der Waals surface area contributed by atoms with E-state index in [4.69, 9.17) is 104 Å². The van der Waals surface area contributed by atoms with E-state index in [0.29, 0.717) is 25.9 Å². The van der Waals surface area contributed by atoms with E-state index in [2.05, 4.69) is 26.6 Å². The third kappa shape index (κ3) is 48.3. The minimum atomic E-state index is -1.33. The molecular formula is C82H131N5O39. The zero-order valence-electron chi connectivity index (χ0n) is 74.5. The Morgan fingerprint density at radius 1 is 0.286 bits per heavy atom. The number of Topliss-reactive ketones (excluding diaryl/α,β-unsaturated/α-hetero) is 3. The molecule has 3 aliphatic rings. The van der Waals surface area contributed by atoms with Crippen molar-refractivity contribution in [2.75, 3.05) is 139 Å². The number of rotatable bonds is 66. The number of unbranched alkanes of at least 4 members (excludes halogenated alkanes) is 1. The van der Waals surface area contributed by atoms with Gasteiger partial charge in [-0.3, -0.25) is 81.5 Å². The van der Waals surface area contributed by atoms with E-state index in [1.807, 2.05) is 0 Å². The predicted octanol–water partition coefficient (Wildman–Crippen LogP) is 0.671. The highest BCUT2D eigenvalue weighted by Crippen LogP contribution is 2.33. The Balaban J connectivity index is 1.72. The van der Waals surface area contributed by atoms with Crippen LogP contribution in [0.1, 0.15) is 186 Å². The van der Waals surface area contributed by atoms with Crippen LogP contribution in [0.2, 0.25) is 0 Å². The second-order valence-corrected chi connectivity index (χ2v) is 29.8. The number of nitrogens with one attached hydrogen (secondary N) is 5. The lowest BCUT2D eigenvalue weighted by molar-refractivity contribution is -0.279. The second-order valence-electron chi connectivity index (χ2n) is 29.8. The van der Waals surface area contributed by atoms with Crippen LogP contribution in [0.15, 0.2) is 0 Å². The minimum absolute atomic E-state index is 0.00809. The number of hydrogen-bond acceptors (Lipinski definition) is 39. The first-order valence-electron chi connectivity index (χ1n) is 42.1. The normalized spacial score (nSPS) is 22.5. The van der Waals surface area contributed by atoms with Gasteiger partial charge in [0.15, 0.2) is 55.5 Å². The van der Waals surface area contributed by atoms with E-state index in [-0.39, 0.29) is 206 Å². The molecule has 15 unspecified atom stereocenters. The van der Waals surface area contributed by atoms with Gasteiger partial charge in [0.2, 0.25) is 29.5 Å². The van der Waals surface area contributed by atoms with Crippen molar-refractivity contribution in [3.63, 3.8) is 0 Å². The van der Waals surface area contributed by atoms with Crippen molar-refractivity contribution in [2.45, 2.75) is 283 Å². The second kappa shape index (κ2) is 63.1. The third-order valence-electron chi connectivity index (χ3n) is 18.8. The predicted molar refractivity (Wildman–Crippen MR) is 429 cm³/mol. The monoisotopic (exact) mass is 1810 g/mol. The van der Waals surface area contributed by atoms with Crippen LogP contribution >= 0.6 is 0 Å². The Labute approximate surface area is 732 Å². The average Bonchev–Trinajstić information content (AvgIpc) is 0.796. The summed E-state index contributed by atoms with van der Waals surface area (Å²) < 4.78 is 124. The van der Waals surface area contributed by atoms with Crippen LogP contribution < -0.4 is 26.6 Å². The number of amides is 5. The van der Waals surface area contributed by atoms with Gasteiger partial charge in [-0.1, -0.05) is 0 Å². The number of ketones is 3. The summed E-state index contributed by atoms with van der Waals surface area (Å²) in [5, 5.41) is 13.7. The summed E-state index contributed by atoms with van der Waals surface area (Å²) in [6.45, 7) is 13.1. The molecule has 3 fully saturated rings. The van der Waals surface area contributed by atoms with Gasteiger partial charge in [0.25, 0.3) is 0 Å². The third-order valence-corrected chi connectivity index (χ3v) is 18.8. The molecule has 3 rings (SSSR count). The van der Waals surface area contributed by atoms with Crippen LogP contribution in [0.5, 0.6) is 0 Å². The van der Waals surface area contributed by atoms with Gasteiger partial charge in [-0.15, -0.1) is 0 Å². The lowest BCUT2D eigenvalue weighted by Gasteiger charge is -2.44. The van der Waals surface area contributed by atoms with E-state index in [1.165, 1.54) is 20.8 Å². The van der Waals surface area contributed by atoms with Crippen LogP contribution in [-0.2, 0) is 186 Å². The molecule has 0 aromatic carbocycles. The van der Waals surface area contributed by atoms with Crippen molar-refractivity contribution >= 4 is 101 Å². The van der Waals surface area contributed by atoms with Gasteiger partial charge in [0.05, 0.1) is 85.9 Å². The number of carbonyl (C=O) groups excluding carboxylic acids is 17. The highest BCUT2D eigenvalue weighted by molar-refractivity contribution is 5.83. The molecule has 0 aromatic rings. The topological polar surface area (TPSA) is 553 Å². The molecule has 0 radical (unpaired) electrons. The molecule has 0 saturated carbocycles. The summed E-state index contributed by atoms with van der Waals surface area (Å²) in [5.41, 5.74) is -1.31. The molecule has 718 valence electrons. The molecule has 5 amide bonds.